The Hall–Kier alpha value is -3.67. The number of esters is 3. The molecule has 0 aromatic heterocycles. The molecule has 0 N–H and O–H groups in total. The predicted octanol–water partition coefficient (Wildman–Crippen LogP) is 21.7. The van der Waals surface area contributed by atoms with Crippen LogP contribution in [-0.2, 0) is 28.6 Å². The lowest BCUT2D eigenvalue weighted by Crippen LogP contribution is -2.30. The standard InChI is InChI=1S/C69H118O6/c1-4-7-10-13-16-19-22-24-25-26-27-28-29-30-31-32-33-34-35-36-37-38-39-40-41-42-43-44-45-46-48-50-53-56-59-62-68(71)74-65-66(64-73-67(70)61-58-55-52-49-21-18-15-12-9-6-3)75-69(72)63-60-57-54-51-47-23-20-17-14-11-8-5-2/h7,10,16,19,24-25,27-28,30-31,33-34,36-37,39-40,66H,4-6,8-9,11-15,17-18,20-23,26,29,32,35,38,41-65H2,1-3H3/b10-7-,19-16-,25-24-,28-27-,31-30-,34-33-,37-36-,40-39-. The maximum atomic E-state index is 12.8. The van der Waals surface area contributed by atoms with E-state index in [0.717, 1.165) is 109 Å². The van der Waals surface area contributed by atoms with E-state index in [2.05, 4.69) is 118 Å². The van der Waals surface area contributed by atoms with Crippen LogP contribution in [0, 0.1) is 0 Å². The Kier molecular flexibility index (Phi) is 59.8. The van der Waals surface area contributed by atoms with E-state index in [-0.39, 0.29) is 31.1 Å². The number of unbranched alkanes of at least 4 members (excludes halogenated alkanes) is 30. The number of hydrogen-bond acceptors (Lipinski definition) is 6. The molecule has 1 atom stereocenters. The summed E-state index contributed by atoms with van der Waals surface area (Å²) in [6.45, 7) is 6.52. The second kappa shape index (κ2) is 62.9. The highest BCUT2D eigenvalue weighted by molar-refractivity contribution is 5.71. The molecule has 0 saturated heterocycles. The number of carbonyl (C=O) groups excluding carboxylic acids is 3. The Morgan fingerprint density at radius 3 is 0.813 bits per heavy atom. The van der Waals surface area contributed by atoms with Gasteiger partial charge in [0.25, 0.3) is 0 Å². The fourth-order valence-corrected chi connectivity index (χ4v) is 8.87. The number of allylic oxidation sites excluding steroid dienone is 16. The summed E-state index contributed by atoms with van der Waals surface area (Å²) in [4.78, 5) is 38.1. The fourth-order valence-electron chi connectivity index (χ4n) is 8.87. The van der Waals surface area contributed by atoms with Crippen molar-refractivity contribution >= 4 is 17.9 Å². The van der Waals surface area contributed by atoms with Gasteiger partial charge in [-0.05, 0) is 83.5 Å². The molecular weight excluding hydrogens is 925 g/mol. The third kappa shape index (κ3) is 61.1. The average molecular weight is 1040 g/mol. The van der Waals surface area contributed by atoms with Crippen LogP contribution in [0.15, 0.2) is 97.2 Å². The highest BCUT2D eigenvalue weighted by atomic mass is 16.6. The van der Waals surface area contributed by atoms with Gasteiger partial charge in [-0.1, -0.05) is 298 Å². The van der Waals surface area contributed by atoms with Gasteiger partial charge in [-0.3, -0.25) is 14.4 Å². The van der Waals surface area contributed by atoms with Crippen LogP contribution < -0.4 is 0 Å². The molecule has 75 heavy (non-hydrogen) atoms. The zero-order valence-electron chi connectivity index (χ0n) is 49.3. The van der Waals surface area contributed by atoms with E-state index >= 15 is 0 Å². The van der Waals surface area contributed by atoms with Crippen molar-refractivity contribution in [3.63, 3.8) is 0 Å². The Bertz CT molecular complexity index is 1480. The first-order chi connectivity index (χ1) is 37.0. The summed E-state index contributed by atoms with van der Waals surface area (Å²) in [5.41, 5.74) is 0. The third-order valence-electron chi connectivity index (χ3n) is 13.6. The summed E-state index contributed by atoms with van der Waals surface area (Å²) in [6.07, 6.45) is 84.3. The molecule has 430 valence electrons. The van der Waals surface area contributed by atoms with Gasteiger partial charge in [0, 0.05) is 19.3 Å². The van der Waals surface area contributed by atoms with Crippen molar-refractivity contribution in [3.8, 4) is 0 Å². The zero-order valence-corrected chi connectivity index (χ0v) is 49.3. The largest absolute Gasteiger partial charge is 0.462 e. The van der Waals surface area contributed by atoms with Crippen LogP contribution in [0.1, 0.15) is 303 Å². The summed E-state index contributed by atoms with van der Waals surface area (Å²) in [5.74, 6) is -0.870. The molecule has 0 aliphatic heterocycles. The van der Waals surface area contributed by atoms with Crippen LogP contribution in [0.4, 0.5) is 0 Å². The van der Waals surface area contributed by atoms with Crippen molar-refractivity contribution in [2.75, 3.05) is 13.2 Å². The van der Waals surface area contributed by atoms with E-state index in [1.54, 1.807) is 0 Å². The molecule has 1 unspecified atom stereocenters. The molecule has 0 radical (unpaired) electrons. The van der Waals surface area contributed by atoms with Gasteiger partial charge >= 0.3 is 17.9 Å². The summed E-state index contributed by atoms with van der Waals surface area (Å²) in [5, 5.41) is 0. The van der Waals surface area contributed by atoms with E-state index in [0.29, 0.717) is 19.3 Å². The molecule has 0 rings (SSSR count). The molecule has 0 fully saturated rings. The first kappa shape index (κ1) is 71.3. The third-order valence-corrected chi connectivity index (χ3v) is 13.6. The van der Waals surface area contributed by atoms with Crippen LogP contribution in [0.25, 0.3) is 0 Å². The molecule has 0 aliphatic carbocycles. The molecule has 0 saturated carbocycles. The number of hydrogen-bond donors (Lipinski definition) is 0. The number of ether oxygens (including phenoxy) is 3. The molecule has 0 aliphatic rings. The monoisotopic (exact) mass is 1040 g/mol. The molecule has 6 nitrogen and oxygen atoms in total. The number of rotatable bonds is 57. The Morgan fingerprint density at radius 1 is 0.280 bits per heavy atom. The van der Waals surface area contributed by atoms with E-state index in [9.17, 15) is 14.4 Å². The lowest BCUT2D eigenvalue weighted by Gasteiger charge is -2.18. The van der Waals surface area contributed by atoms with Gasteiger partial charge in [-0.2, -0.15) is 0 Å². The molecule has 0 amide bonds. The minimum Gasteiger partial charge on any atom is -0.462 e. The van der Waals surface area contributed by atoms with E-state index in [4.69, 9.17) is 14.2 Å². The lowest BCUT2D eigenvalue weighted by atomic mass is 10.0. The SMILES string of the molecule is CC/C=C\C/C=C\C/C=C\C/C=C\C/C=C\C/C=C\C/C=C\C/C=C\CCCCCCCCCCCCC(=O)OCC(COC(=O)CCCCCCCCCCCC)OC(=O)CCCCCCCCCCCCCC. The highest BCUT2D eigenvalue weighted by Gasteiger charge is 2.19. The normalized spacial score (nSPS) is 12.7. The van der Waals surface area contributed by atoms with Crippen molar-refractivity contribution in [2.24, 2.45) is 0 Å². The van der Waals surface area contributed by atoms with Gasteiger partial charge in [0.2, 0.25) is 0 Å². The Labute approximate surface area is 464 Å². The highest BCUT2D eigenvalue weighted by Crippen LogP contribution is 2.16. The second-order valence-electron chi connectivity index (χ2n) is 21.0. The second-order valence-corrected chi connectivity index (χ2v) is 21.0. The summed E-state index contributed by atoms with van der Waals surface area (Å²) < 4.78 is 16.8. The van der Waals surface area contributed by atoms with Gasteiger partial charge in [0.15, 0.2) is 6.10 Å². The van der Waals surface area contributed by atoms with Crippen LogP contribution in [0.5, 0.6) is 0 Å². The van der Waals surface area contributed by atoms with Crippen molar-refractivity contribution in [2.45, 2.75) is 309 Å². The van der Waals surface area contributed by atoms with E-state index < -0.39 is 6.10 Å². The molecule has 0 aromatic rings. The van der Waals surface area contributed by atoms with E-state index in [1.165, 1.54) is 154 Å². The van der Waals surface area contributed by atoms with Gasteiger partial charge in [0.05, 0.1) is 0 Å². The van der Waals surface area contributed by atoms with Gasteiger partial charge < -0.3 is 14.2 Å². The average Bonchev–Trinajstić information content (AvgIpc) is 3.41. The minimum atomic E-state index is -0.773. The maximum absolute atomic E-state index is 12.8. The topological polar surface area (TPSA) is 78.9 Å². The molecule has 0 spiro atoms. The van der Waals surface area contributed by atoms with Crippen molar-refractivity contribution < 1.29 is 28.6 Å². The van der Waals surface area contributed by atoms with Crippen molar-refractivity contribution in [1.29, 1.82) is 0 Å². The molecule has 0 heterocycles. The van der Waals surface area contributed by atoms with Gasteiger partial charge in [-0.15, -0.1) is 0 Å². The fraction of sp³-hybridized carbons (Fsp3) is 0.725. The van der Waals surface area contributed by atoms with Gasteiger partial charge in [-0.25, -0.2) is 0 Å². The Balaban J connectivity index is 4.11. The molecule has 6 heteroatoms. The van der Waals surface area contributed by atoms with Gasteiger partial charge in [0.1, 0.15) is 13.2 Å². The molecule has 0 aromatic carbocycles. The summed E-state index contributed by atoms with van der Waals surface area (Å²) in [7, 11) is 0. The molecular formula is C69H118O6. The summed E-state index contributed by atoms with van der Waals surface area (Å²) >= 11 is 0. The lowest BCUT2D eigenvalue weighted by molar-refractivity contribution is -0.167. The van der Waals surface area contributed by atoms with E-state index in [1.807, 2.05) is 0 Å². The summed E-state index contributed by atoms with van der Waals surface area (Å²) in [6, 6.07) is 0. The predicted molar refractivity (Wildman–Crippen MR) is 325 cm³/mol. The Morgan fingerprint density at radius 2 is 0.520 bits per heavy atom. The zero-order chi connectivity index (χ0) is 54.3. The molecule has 0 bridgehead atoms. The minimum absolute atomic E-state index is 0.0732. The quantitative estimate of drug-likeness (QED) is 0.0261. The smallest absolute Gasteiger partial charge is 0.306 e. The van der Waals surface area contributed by atoms with Crippen LogP contribution >= 0.6 is 0 Å². The van der Waals surface area contributed by atoms with Crippen molar-refractivity contribution in [1.82, 2.24) is 0 Å². The van der Waals surface area contributed by atoms with Crippen LogP contribution in [0.3, 0.4) is 0 Å². The maximum Gasteiger partial charge on any atom is 0.306 e. The first-order valence-corrected chi connectivity index (χ1v) is 31.7. The van der Waals surface area contributed by atoms with Crippen molar-refractivity contribution in [3.05, 3.63) is 97.2 Å². The number of carbonyl (C=O) groups is 3. The first-order valence-electron chi connectivity index (χ1n) is 31.7. The van der Waals surface area contributed by atoms with Crippen LogP contribution in [-0.4, -0.2) is 37.2 Å². The van der Waals surface area contributed by atoms with Crippen LogP contribution in [0.2, 0.25) is 0 Å².